The van der Waals surface area contributed by atoms with Gasteiger partial charge in [-0.15, -0.1) is 0 Å². The molecule has 22 heteroatoms. The lowest BCUT2D eigenvalue weighted by atomic mass is 9.84. The number of para-hydroxylation sites is 1. The van der Waals surface area contributed by atoms with E-state index in [1.54, 1.807) is 106 Å². The molecule has 10 amide bonds. The number of unbranched alkanes of at least 4 members (excludes halogenated alkanes) is 1. The Hall–Kier alpha value is -8.82. The lowest BCUT2D eigenvalue weighted by molar-refractivity contribution is -0.136. The molecular weight excluding hydrogens is 1100 g/mol. The molecule has 0 bridgehead atoms. The molecule has 10 N–H and O–H groups in total. The number of carbonyl (C=O) groups excluding carboxylic acids is 10. The minimum absolute atomic E-state index is 0.00856. The van der Waals surface area contributed by atoms with Gasteiger partial charge < -0.3 is 52.0 Å². The van der Waals surface area contributed by atoms with Crippen molar-refractivity contribution >= 4 is 64.8 Å². The Morgan fingerprint density at radius 3 is 1.77 bits per heavy atom. The number of likely N-dealkylation sites (N-methyl/N-ethyl adjacent to an activating group) is 1. The SMILES string of the molecule is CCCCOc1ccccc1C(=O)N[C@@H](Cc1ccccc1)C(=O)N[C@@H](CCCNC(=O)C(=O)Nc1ccc(OC)c(C(=O)NNC(=O)C(C)C)c1)C(=O)N[C@@H](Cc1ccccc1)C(=O)N[C@H](C(=O)N[C@@H](CC1CCCCC1)C(=O)NC)[C@@H](C)CC. The largest absolute Gasteiger partial charge is 0.496 e. The van der Waals surface area contributed by atoms with Gasteiger partial charge in [0.25, 0.3) is 11.8 Å². The number of carbonyl (C=O) groups is 10. The first kappa shape index (κ1) is 68.0. The van der Waals surface area contributed by atoms with Crippen molar-refractivity contribution in [1.29, 1.82) is 0 Å². The highest BCUT2D eigenvalue weighted by molar-refractivity contribution is 6.39. The van der Waals surface area contributed by atoms with Gasteiger partial charge in [-0.25, -0.2) is 0 Å². The molecular formula is C64H86N10O12. The van der Waals surface area contributed by atoms with Crippen LogP contribution in [-0.2, 0) is 51.2 Å². The van der Waals surface area contributed by atoms with Crippen LogP contribution in [0.15, 0.2) is 103 Å². The summed E-state index contributed by atoms with van der Waals surface area (Å²) in [5.74, 6) is -7.40. The topological polar surface area (TPSA) is 309 Å². The summed E-state index contributed by atoms with van der Waals surface area (Å²) in [6.45, 7) is 9.12. The first-order chi connectivity index (χ1) is 41.3. The fraction of sp³-hybridized carbons (Fsp3) is 0.469. The molecule has 0 radical (unpaired) electrons. The summed E-state index contributed by atoms with van der Waals surface area (Å²) in [5, 5.41) is 22.0. The smallest absolute Gasteiger partial charge is 0.313 e. The van der Waals surface area contributed by atoms with Crippen molar-refractivity contribution in [2.24, 2.45) is 17.8 Å². The number of amides is 10. The van der Waals surface area contributed by atoms with Crippen molar-refractivity contribution in [3.63, 3.8) is 0 Å². The summed E-state index contributed by atoms with van der Waals surface area (Å²) in [4.78, 5) is 138. The molecule has 6 atom stereocenters. The third-order valence-electron chi connectivity index (χ3n) is 15.0. The number of nitrogens with one attached hydrogen (secondary N) is 10. The average molecular weight is 1190 g/mol. The second-order valence-corrected chi connectivity index (χ2v) is 21.9. The molecule has 0 aromatic heterocycles. The van der Waals surface area contributed by atoms with Crippen molar-refractivity contribution < 1.29 is 57.4 Å². The van der Waals surface area contributed by atoms with Gasteiger partial charge in [0.1, 0.15) is 41.7 Å². The van der Waals surface area contributed by atoms with E-state index >= 15 is 0 Å². The third-order valence-corrected chi connectivity index (χ3v) is 15.0. The Balaban J connectivity index is 1.42. The van der Waals surface area contributed by atoms with E-state index in [1.807, 2.05) is 13.8 Å². The van der Waals surface area contributed by atoms with Gasteiger partial charge in [0.2, 0.25) is 35.4 Å². The van der Waals surface area contributed by atoms with Crippen LogP contribution in [0.4, 0.5) is 5.69 Å². The molecule has 1 aliphatic rings. The molecule has 86 heavy (non-hydrogen) atoms. The molecule has 0 heterocycles. The van der Waals surface area contributed by atoms with Crippen molar-refractivity contribution in [3.8, 4) is 11.5 Å². The van der Waals surface area contributed by atoms with Crippen LogP contribution < -0.4 is 62.9 Å². The fourth-order valence-corrected chi connectivity index (χ4v) is 9.72. The first-order valence-corrected chi connectivity index (χ1v) is 29.8. The lowest BCUT2D eigenvalue weighted by Crippen LogP contribution is -2.60. The van der Waals surface area contributed by atoms with Crippen molar-refractivity contribution in [1.82, 2.24) is 48.1 Å². The zero-order valence-electron chi connectivity index (χ0n) is 50.4. The predicted octanol–water partition coefficient (Wildman–Crippen LogP) is 5.11. The minimum Gasteiger partial charge on any atom is -0.496 e. The van der Waals surface area contributed by atoms with Gasteiger partial charge >= 0.3 is 11.8 Å². The molecule has 464 valence electrons. The maximum atomic E-state index is 15.0. The van der Waals surface area contributed by atoms with Crippen molar-refractivity contribution in [3.05, 3.63) is 125 Å². The maximum Gasteiger partial charge on any atom is 0.313 e. The molecule has 5 rings (SSSR count). The highest BCUT2D eigenvalue weighted by Gasteiger charge is 2.36. The monoisotopic (exact) mass is 1190 g/mol. The predicted molar refractivity (Wildman–Crippen MR) is 325 cm³/mol. The number of benzene rings is 4. The maximum absolute atomic E-state index is 15.0. The van der Waals surface area contributed by atoms with E-state index in [2.05, 4.69) is 53.4 Å². The van der Waals surface area contributed by atoms with Gasteiger partial charge in [0, 0.05) is 38.0 Å². The number of anilines is 1. The Bertz CT molecular complexity index is 2920. The van der Waals surface area contributed by atoms with Gasteiger partial charge in [-0.2, -0.15) is 0 Å². The normalized spacial score (nSPS) is 14.2. The van der Waals surface area contributed by atoms with Gasteiger partial charge in [0.05, 0.1) is 24.8 Å². The number of hydrazine groups is 1. The van der Waals surface area contributed by atoms with Crippen LogP contribution >= 0.6 is 0 Å². The van der Waals surface area contributed by atoms with Crippen LogP contribution in [0.25, 0.3) is 0 Å². The standard InChI is InChI=1S/C64H86N10O12/c1-8-10-35-86-53-31-21-20-29-46(53)56(76)69-50(37-43-25-16-12-17-26-43)60(80)68-48(30-22-34-66-63(83)64(84)67-45-32-33-52(85-7)47(39-45)57(77)74-73-55(75)40(3)4)59(79)70-51(38-44-27-18-13-19-28-44)61(81)72-54(41(5)9-2)62(82)71-49(58(78)65-6)36-42-23-14-11-15-24-42/h12-13,16-21,25-29,31-33,39-42,48-51,54H,8-11,14-15,22-24,30,34-38H2,1-7H3,(H,65,78)(H,66,83)(H,67,84)(H,68,80)(H,69,76)(H,70,79)(H,71,82)(H,72,81)(H,73,75)(H,74,77)/t41-,48-,49-,50-,51-,54-/m0/s1. The van der Waals surface area contributed by atoms with Gasteiger partial charge in [-0.05, 0) is 79.0 Å². The van der Waals surface area contributed by atoms with Crippen LogP contribution in [0, 0.1) is 17.8 Å². The number of methoxy groups -OCH3 is 1. The molecule has 0 unspecified atom stereocenters. The zero-order chi connectivity index (χ0) is 62.5. The Morgan fingerprint density at radius 1 is 0.558 bits per heavy atom. The van der Waals surface area contributed by atoms with Gasteiger partial charge in [-0.3, -0.25) is 58.8 Å². The molecule has 0 saturated heterocycles. The van der Waals surface area contributed by atoms with E-state index in [9.17, 15) is 47.9 Å². The van der Waals surface area contributed by atoms with E-state index in [0.29, 0.717) is 36.3 Å². The van der Waals surface area contributed by atoms with Crippen LogP contribution in [0.2, 0.25) is 0 Å². The lowest BCUT2D eigenvalue weighted by Gasteiger charge is -2.30. The number of hydrogen-bond acceptors (Lipinski definition) is 12. The molecule has 0 spiro atoms. The summed E-state index contributed by atoms with van der Waals surface area (Å²) in [5.41, 5.74) is 6.10. The molecule has 1 fully saturated rings. The minimum atomic E-state index is -1.44. The summed E-state index contributed by atoms with van der Waals surface area (Å²) in [6, 6.07) is 22.5. The second kappa shape index (κ2) is 35.5. The van der Waals surface area contributed by atoms with Crippen LogP contribution in [0.5, 0.6) is 11.5 Å². The summed E-state index contributed by atoms with van der Waals surface area (Å²) in [7, 11) is 2.84. The highest BCUT2D eigenvalue weighted by atomic mass is 16.5. The molecule has 22 nitrogen and oxygen atoms in total. The molecule has 4 aromatic carbocycles. The summed E-state index contributed by atoms with van der Waals surface area (Å²) >= 11 is 0. The van der Waals surface area contributed by atoms with Crippen LogP contribution in [0.3, 0.4) is 0 Å². The Labute approximate surface area is 504 Å². The zero-order valence-corrected chi connectivity index (χ0v) is 50.4. The van der Waals surface area contributed by atoms with E-state index in [1.165, 1.54) is 32.4 Å². The first-order valence-electron chi connectivity index (χ1n) is 29.8. The molecule has 4 aromatic rings. The van der Waals surface area contributed by atoms with E-state index < -0.39 is 95.2 Å². The highest BCUT2D eigenvalue weighted by Crippen LogP contribution is 2.28. The average Bonchev–Trinajstić information content (AvgIpc) is 3.59. The van der Waals surface area contributed by atoms with Crippen molar-refractivity contribution in [2.45, 2.75) is 148 Å². The number of ether oxygens (including phenoxy) is 2. The third kappa shape index (κ3) is 21.7. The molecule has 0 aliphatic heterocycles. The molecule has 1 saturated carbocycles. The second-order valence-electron chi connectivity index (χ2n) is 21.9. The summed E-state index contributed by atoms with van der Waals surface area (Å²) < 4.78 is 11.3. The molecule has 1 aliphatic carbocycles. The van der Waals surface area contributed by atoms with Gasteiger partial charge in [0.15, 0.2) is 0 Å². The van der Waals surface area contributed by atoms with Crippen molar-refractivity contribution in [2.75, 3.05) is 32.6 Å². The van der Waals surface area contributed by atoms with E-state index in [4.69, 9.17) is 9.47 Å². The van der Waals surface area contributed by atoms with Gasteiger partial charge in [-0.1, -0.05) is 152 Å². The van der Waals surface area contributed by atoms with E-state index in [-0.39, 0.29) is 66.6 Å². The van der Waals surface area contributed by atoms with Crippen LogP contribution in [-0.4, -0.2) is 117 Å². The fourth-order valence-electron chi connectivity index (χ4n) is 9.72. The van der Waals surface area contributed by atoms with Crippen LogP contribution in [0.1, 0.15) is 137 Å². The number of hydrogen-bond donors (Lipinski definition) is 10. The Morgan fingerprint density at radius 2 is 1.15 bits per heavy atom. The summed E-state index contributed by atoms with van der Waals surface area (Å²) in [6.07, 6.45) is 7.31. The van der Waals surface area contributed by atoms with E-state index in [0.717, 1.165) is 44.9 Å². The quantitative estimate of drug-likeness (QED) is 0.0179. The Kier molecular flexibility index (Phi) is 28.0. The number of rotatable bonds is 31.